The van der Waals surface area contributed by atoms with Gasteiger partial charge in [0.05, 0.1) is 27.7 Å². The maximum atomic E-state index is 13.9. The molecule has 0 aliphatic heterocycles. The smallest absolute Gasteiger partial charge is 0.134 e. The molecule has 0 aromatic heterocycles. The number of hydrogen-bond acceptors (Lipinski definition) is 1. The molecule has 0 saturated carbocycles. The van der Waals surface area contributed by atoms with Gasteiger partial charge in [-0.1, -0.05) is 46.9 Å². The Morgan fingerprint density at radius 3 is 2.39 bits per heavy atom. The van der Waals surface area contributed by atoms with Gasteiger partial charge in [0, 0.05) is 5.56 Å². The van der Waals surface area contributed by atoms with Gasteiger partial charge in [-0.2, -0.15) is 0 Å². The Balaban J connectivity index is 2.73. The fraction of sp³-hybridized carbons (Fsp3) is 0.0769. The van der Waals surface area contributed by atoms with Crippen LogP contribution in [-0.2, 0) is 0 Å². The van der Waals surface area contributed by atoms with Crippen LogP contribution < -0.4 is 4.74 Å². The Morgan fingerprint density at radius 1 is 1.00 bits per heavy atom. The van der Waals surface area contributed by atoms with Crippen molar-refractivity contribution in [3.8, 4) is 16.9 Å². The Morgan fingerprint density at radius 2 is 1.72 bits per heavy atom. The van der Waals surface area contributed by atoms with Crippen LogP contribution in [0.1, 0.15) is 0 Å². The lowest BCUT2D eigenvalue weighted by molar-refractivity contribution is 0.413. The van der Waals surface area contributed by atoms with Crippen LogP contribution in [0.4, 0.5) is 4.39 Å². The Kier molecular flexibility index (Phi) is 4.00. The lowest BCUT2D eigenvalue weighted by atomic mass is 10.0. The van der Waals surface area contributed by atoms with Gasteiger partial charge in [0.25, 0.3) is 0 Å². The van der Waals surface area contributed by atoms with Crippen LogP contribution in [0.25, 0.3) is 11.1 Å². The molecule has 0 N–H and O–H groups in total. The molecule has 0 fully saturated rings. The van der Waals surface area contributed by atoms with Crippen LogP contribution in [0.2, 0.25) is 15.1 Å². The third-order valence-electron chi connectivity index (χ3n) is 2.50. The standard InChI is InChI=1S/C13H8Cl3FO/c1-18-10-4-2-3-9(17)11(10)7-5-6-8(14)13(16)12(7)15/h2-6H,1H3. The second-order valence-corrected chi connectivity index (χ2v) is 4.70. The minimum atomic E-state index is -0.436. The summed E-state index contributed by atoms with van der Waals surface area (Å²) in [6, 6.07) is 7.71. The summed E-state index contributed by atoms with van der Waals surface area (Å²) < 4.78 is 19.1. The number of ether oxygens (including phenoxy) is 1. The molecule has 2 aromatic rings. The second-order valence-electron chi connectivity index (χ2n) is 3.54. The summed E-state index contributed by atoms with van der Waals surface area (Å²) in [4.78, 5) is 0. The third kappa shape index (κ3) is 2.28. The van der Waals surface area contributed by atoms with E-state index in [-0.39, 0.29) is 15.6 Å². The Hall–Kier alpha value is -0.960. The van der Waals surface area contributed by atoms with Crippen LogP contribution in [-0.4, -0.2) is 7.11 Å². The molecule has 1 nitrogen and oxygen atoms in total. The van der Waals surface area contributed by atoms with Crippen LogP contribution in [0.3, 0.4) is 0 Å². The molecule has 0 radical (unpaired) electrons. The van der Waals surface area contributed by atoms with E-state index in [2.05, 4.69) is 0 Å². The largest absolute Gasteiger partial charge is 0.496 e. The molecule has 5 heteroatoms. The average molecular weight is 306 g/mol. The molecule has 18 heavy (non-hydrogen) atoms. The van der Waals surface area contributed by atoms with Gasteiger partial charge in [-0.15, -0.1) is 0 Å². The van der Waals surface area contributed by atoms with Gasteiger partial charge in [-0.3, -0.25) is 0 Å². The molecule has 0 saturated heterocycles. The number of rotatable bonds is 2. The summed E-state index contributed by atoms with van der Waals surface area (Å²) >= 11 is 17.9. The van der Waals surface area contributed by atoms with E-state index in [1.165, 1.54) is 13.2 Å². The summed E-state index contributed by atoms with van der Waals surface area (Å²) in [5, 5.41) is 0.717. The van der Waals surface area contributed by atoms with Crippen molar-refractivity contribution in [2.45, 2.75) is 0 Å². The van der Waals surface area contributed by atoms with Gasteiger partial charge in [-0.05, 0) is 18.2 Å². The van der Waals surface area contributed by atoms with Crippen LogP contribution >= 0.6 is 34.8 Å². The minimum Gasteiger partial charge on any atom is -0.496 e. The summed E-state index contributed by atoms with van der Waals surface area (Å²) in [5.74, 6) is -0.0510. The van der Waals surface area contributed by atoms with Crippen molar-refractivity contribution in [2.24, 2.45) is 0 Å². The molecule has 2 rings (SSSR count). The van der Waals surface area contributed by atoms with Gasteiger partial charge < -0.3 is 4.74 Å². The fourth-order valence-electron chi connectivity index (χ4n) is 1.65. The first-order chi connectivity index (χ1) is 8.56. The minimum absolute atomic E-state index is 0.195. The molecule has 0 unspecified atom stereocenters. The lowest BCUT2D eigenvalue weighted by Gasteiger charge is -2.12. The van der Waals surface area contributed by atoms with E-state index in [1.807, 2.05) is 0 Å². The molecule has 0 atom stereocenters. The van der Waals surface area contributed by atoms with Crippen molar-refractivity contribution in [2.75, 3.05) is 7.11 Å². The SMILES string of the molecule is COc1cccc(F)c1-c1ccc(Cl)c(Cl)c1Cl. The molecule has 0 heterocycles. The van der Waals surface area contributed by atoms with Gasteiger partial charge in [0.2, 0.25) is 0 Å². The predicted octanol–water partition coefficient (Wildman–Crippen LogP) is 5.46. The van der Waals surface area contributed by atoms with Crippen molar-refractivity contribution in [1.29, 1.82) is 0 Å². The van der Waals surface area contributed by atoms with E-state index in [0.29, 0.717) is 16.3 Å². The van der Waals surface area contributed by atoms with E-state index in [1.54, 1.807) is 24.3 Å². The zero-order chi connectivity index (χ0) is 13.3. The normalized spacial score (nSPS) is 10.5. The molecule has 2 aromatic carbocycles. The van der Waals surface area contributed by atoms with Crippen LogP contribution in [0.15, 0.2) is 30.3 Å². The average Bonchev–Trinajstić information content (AvgIpc) is 2.37. The first-order valence-electron chi connectivity index (χ1n) is 5.02. The zero-order valence-electron chi connectivity index (χ0n) is 9.31. The van der Waals surface area contributed by atoms with Crippen molar-refractivity contribution in [3.63, 3.8) is 0 Å². The monoisotopic (exact) mass is 304 g/mol. The molecule has 0 amide bonds. The van der Waals surface area contributed by atoms with Gasteiger partial charge in [0.1, 0.15) is 11.6 Å². The molecule has 0 aliphatic rings. The van der Waals surface area contributed by atoms with Crippen molar-refractivity contribution >= 4 is 34.8 Å². The molecule has 0 bridgehead atoms. The first-order valence-corrected chi connectivity index (χ1v) is 6.16. The summed E-state index contributed by atoms with van der Waals surface area (Å²) in [6.45, 7) is 0. The zero-order valence-corrected chi connectivity index (χ0v) is 11.6. The summed E-state index contributed by atoms with van der Waals surface area (Å²) in [6.07, 6.45) is 0. The van der Waals surface area contributed by atoms with Crippen molar-refractivity contribution in [1.82, 2.24) is 0 Å². The molecular formula is C13H8Cl3FO. The Labute approximate surface area is 119 Å². The number of halogens is 4. The number of methoxy groups -OCH3 is 1. The van der Waals surface area contributed by atoms with Crippen molar-refractivity contribution < 1.29 is 9.13 Å². The van der Waals surface area contributed by atoms with E-state index < -0.39 is 5.82 Å². The van der Waals surface area contributed by atoms with E-state index >= 15 is 0 Å². The third-order valence-corrected chi connectivity index (χ3v) is 3.79. The summed E-state index contributed by atoms with van der Waals surface area (Å²) in [7, 11) is 1.46. The van der Waals surface area contributed by atoms with E-state index in [9.17, 15) is 4.39 Å². The highest BCUT2D eigenvalue weighted by molar-refractivity contribution is 6.49. The first kappa shape index (κ1) is 13.5. The van der Waals surface area contributed by atoms with Gasteiger partial charge in [-0.25, -0.2) is 4.39 Å². The molecule has 0 aliphatic carbocycles. The highest BCUT2D eigenvalue weighted by Crippen LogP contribution is 2.42. The highest BCUT2D eigenvalue weighted by Gasteiger charge is 2.17. The number of hydrogen-bond donors (Lipinski definition) is 0. The quantitative estimate of drug-likeness (QED) is 0.669. The molecule has 94 valence electrons. The fourth-order valence-corrected chi connectivity index (χ4v) is 2.28. The summed E-state index contributed by atoms with van der Waals surface area (Å²) in [5.41, 5.74) is 0.713. The van der Waals surface area contributed by atoms with Gasteiger partial charge in [0.15, 0.2) is 0 Å². The van der Waals surface area contributed by atoms with E-state index in [0.717, 1.165) is 0 Å². The van der Waals surface area contributed by atoms with Gasteiger partial charge >= 0.3 is 0 Å². The Bertz CT molecular complexity index is 599. The maximum Gasteiger partial charge on any atom is 0.134 e. The topological polar surface area (TPSA) is 9.23 Å². The van der Waals surface area contributed by atoms with Crippen molar-refractivity contribution in [3.05, 3.63) is 51.2 Å². The molecule has 0 spiro atoms. The van der Waals surface area contributed by atoms with Crippen LogP contribution in [0.5, 0.6) is 5.75 Å². The highest BCUT2D eigenvalue weighted by atomic mass is 35.5. The van der Waals surface area contributed by atoms with Crippen LogP contribution in [0, 0.1) is 5.82 Å². The van der Waals surface area contributed by atoms with E-state index in [4.69, 9.17) is 39.5 Å². The lowest BCUT2D eigenvalue weighted by Crippen LogP contribution is -1.92. The maximum absolute atomic E-state index is 13.9. The second kappa shape index (κ2) is 5.35. The molecular weight excluding hydrogens is 297 g/mol. The number of benzene rings is 2. The predicted molar refractivity (Wildman–Crippen MR) is 73.4 cm³/mol.